The maximum absolute atomic E-state index is 14.0. The van der Waals surface area contributed by atoms with Gasteiger partial charge in [0.15, 0.2) is 22.6 Å². The zero-order valence-corrected chi connectivity index (χ0v) is 79.5. The molecule has 138 heavy (non-hydrogen) atoms. The number of hydrogen-bond donors (Lipinski definition) is 8. The zero-order valence-electron chi connectivity index (χ0n) is 79.5. The number of imidazole rings is 4. The van der Waals surface area contributed by atoms with Crippen LogP contribution in [0.25, 0.3) is 111 Å². The molecule has 4 unspecified atom stereocenters. The Bertz CT molecular complexity index is 7300. The molecule has 1 aliphatic carbocycles. The summed E-state index contributed by atoms with van der Waals surface area (Å²) >= 11 is 0. The Kier molecular flexibility index (Phi) is 29.8. The summed E-state index contributed by atoms with van der Waals surface area (Å²) in [7, 11) is 3.44. The second-order valence-corrected chi connectivity index (χ2v) is 36.1. The molecule has 706 valence electrons. The van der Waals surface area contributed by atoms with Crippen molar-refractivity contribution in [3.8, 4) is 44.5 Å². The Morgan fingerprint density at radius 2 is 0.667 bits per heavy atom. The van der Waals surface area contributed by atoms with Crippen molar-refractivity contribution >= 4 is 88.9 Å². The lowest BCUT2D eigenvalue weighted by Crippen LogP contribution is -2.08. The Balaban J connectivity index is 0.000000122. The molecule has 21 rings (SSSR count). The van der Waals surface area contributed by atoms with Gasteiger partial charge in [-0.05, 0) is 196 Å². The van der Waals surface area contributed by atoms with Gasteiger partial charge in [0.1, 0.15) is 17.5 Å². The van der Waals surface area contributed by atoms with E-state index in [0.717, 1.165) is 203 Å². The van der Waals surface area contributed by atoms with E-state index in [1.54, 1.807) is 32.8 Å². The molecule has 4 atom stereocenters. The van der Waals surface area contributed by atoms with Crippen LogP contribution in [0.1, 0.15) is 167 Å². The van der Waals surface area contributed by atoms with E-state index < -0.39 is 0 Å². The smallest absolute Gasteiger partial charge is 0.160 e. The predicted octanol–water partition coefficient (Wildman–Crippen LogP) is 25.1. The molecule has 4 aromatic carbocycles. The number of rotatable bonds is 37. The quantitative estimate of drug-likeness (QED) is 0.0168. The predicted molar refractivity (Wildman–Crippen MR) is 550 cm³/mol. The number of hydrogen-bond acceptors (Lipinski definition) is 15. The monoisotopic (exact) mass is 1850 g/mol. The van der Waals surface area contributed by atoms with Gasteiger partial charge in [0.05, 0.1) is 41.3 Å². The number of methoxy groups -OCH3 is 2. The Morgan fingerprint density at radius 3 is 0.986 bits per heavy atom. The molecular formula is C112H119F3N20O3. The maximum atomic E-state index is 14.0. The third kappa shape index (κ3) is 21.7. The molecule has 16 heterocycles. The first-order valence-corrected chi connectivity index (χ1v) is 48.2. The largest absolute Gasteiger partial charge is 0.385 e. The number of aromatic amines is 4. The molecule has 26 heteroatoms. The third-order valence-electron chi connectivity index (χ3n) is 26.6. The zero-order chi connectivity index (χ0) is 95.0. The van der Waals surface area contributed by atoms with Gasteiger partial charge in [-0.1, -0.05) is 107 Å². The van der Waals surface area contributed by atoms with Gasteiger partial charge in [0.25, 0.3) is 0 Å². The standard InChI is InChI=1S/C29H31N5.2C28H30FN5O.C27H28FN5O/c1-3-19(2)28-17-33-29-27(31-11-10-21-16-32-26-7-5-4-6-25(21)26)13-24(18-34(28)29)23-12-22(14-30-15-23)20-8-9-20;1-19(6-5-11-35-2)27-17-33-28-26(13-22(18-34(27)28)21-12-23(29)16-30-14-21)31-10-9-20-15-32-25-8-4-3-7-24(20)25;1-3-35-11-9-19(2)27-17-33-28-26(13-22(18-34(27)28)21-12-23(29)16-30-14-21)31-10-8-20-15-32-25-7-5-4-6-24(20)25;1-18(8-10-34-2)26-16-32-27-25(12-21(17-33(26)27)20-11-22(28)15-29-13-20)30-9-7-19-14-31-24-6-4-3-5-23(19)24/h4-7,12-20,31-32H,3,8-11H2,1-2H3;3-4,7-8,12-19,31-32H,5-6,9-11H2,1-2H3;4-7,12-19,31-32H,3,8-11H2,1-2H3;3-6,11-18,30-31H,7-10H2,1-2H3. The number of fused-ring (bicyclic) bond motifs is 8. The van der Waals surface area contributed by atoms with Crippen LogP contribution in [0.5, 0.6) is 0 Å². The van der Waals surface area contributed by atoms with E-state index in [4.69, 9.17) is 34.1 Å². The molecule has 1 fully saturated rings. The SMILES string of the molecule is CCC(C)c1cnc2c(NCCc3c[nH]c4ccccc34)cc(-c3cncc(C4CC4)c3)cn12.CCOCCC(C)c1cnc2c(NCCc3c[nH]c4ccccc34)cc(-c3cncc(F)c3)cn12.COCCC(C)c1cnc2c(NCCc3c[nH]c4ccccc34)cc(-c3cncc(F)c3)cn12.COCCCC(C)c1cnc2c(NCCc3c[nH]c4ccccc34)cc(-c3cncc(F)c3)cn12. The van der Waals surface area contributed by atoms with Crippen molar-refractivity contribution in [1.29, 1.82) is 0 Å². The van der Waals surface area contributed by atoms with Gasteiger partial charge in [-0.2, -0.15) is 0 Å². The van der Waals surface area contributed by atoms with Crippen molar-refractivity contribution in [2.45, 2.75) is 142 Å². The highest BCUT2D eigenvalue weighted by molar-refractivity contribution is 5.88. The average Bonchev–Trinajstić information content (AvgIpc) is 1.62. The Morgan fingerprint density at radius 1 is 0.355 bits per heavy atom. The third-order valence-corrected chi connectivity index (χ3v) is 26.6. The van der Waals surface area contributed by atoms with Crippen molar-refractivity contribution in [3.63, 3.8) is 0 Å². The molecule has 0 aliphatic heterocycles. The molecule has 23 nitrogen and oxygen atoms in total. The van der Waals surface area contributed by atoms with E-state index in [9.17, 15) is 13.2 Å². The fourth-order valence-electron chi connectivity index (χ4n) is 18.6. The van der Waals surface area contributed by atoms with E-state index in [1.165, 1.54) is 121 Å². The number of H-pyrrole nitrogens is 4. The van der Waals surface area contributed by atoms with Crippen LogP contribution in [0.15, 0.2) is 270 Å². The summed E-state index contributed by atoms with van der Waals surface area (Å²) in [6.45, 7) is 19.0. The van der Waals surface area contributed by atoms with Gasteiger partial charge in [-0.3, -0.25) is 19.9 Å². The molecule has 1 saturated carbocycles. The van der Waals surface area contributed by atoms with Crippen molar-refractivity contribution < 1.29 is 27.4 Å². The fraction of sp³-hybridized carbons (Fsp3) is 0.286. The summed E-state index contributed by atoms with van der Waals surface area (Å²) < 4.78 is 66.6. The van der Waals surface area contributed by atoms with Crippen molar-refractivity contribution in [3.05, 3.63) is 338 Å². The number of pyridine rings is 8. The van der Waals surface area contributed by atoms with E-state index in [0.29, 0.717) is 37.6 Å². The van der Waals surface area contributed by atoms with Gasteiger partial charge in [-0.25, -0.2) is 33.1 Å². The summed E-state index contributed by atoms with van der Waals surface area (Å²) in [6, 6.07) is 48.7. The number of halogens is 3. The molecule has 0 radical (unpaired) electrons. The summed E-state index contributed by atoms with van der Waals surface area (Å²) in [4.78, 5) is 49.2. The van der Waals surface area contributed by atoms with Crippen LogP contribution in [0, 0.1) is 17.5 Å². The normalized spacial score (nSPS) is 13.0. The molecule has 0 spiro atoms. The molecule has 1 aliphatic rings. The van der Waals surface area contributed by atoms with E-state index >= 15 is 0 Å². The van der Waals surface area contributed by atoms with Crippen LogP contribution in [0.2, 0.25) is 0 Å². The minimum atomic E-state index is -0.356. The fourth-order valence-corrected chi connectivity index (χ4v) is 18.6. The van der Waals surface area contributed by atoms with Gasteiger partial charge in [0, 0.05) is 295 Å². The van der Waals surface area contributed by atoms with Crippen LogP contribution in [-0.2, 0) is 39.9 Å². The maximum Gasteiger partial charge on any atom is 0.160 e. The second kappa shape index (κ2) is 44.0. The molecule has 8 N–H and O–H groups in total. The van der Waals surface area contributed by atoms with Crippen LogP contribution in [0.4, 0.5) is 35.9 Å². The number of nitrogens with zero attached hydrogens (tertiary/aromatic N) is 12. The Hall–Kier alpha value is -14.7. The highest BCUT2D eigenvalue weighted by Crippen LogP contribution is 2.42. The summed E-state index contributed by atoms with van der Waals surface area (Å²) in [5.41, 5.74) is 30.3. The first kappa shape index (κ1) is 93.7. The summed E-state index contributed by atoms with van der Waals surface area (Å²) in [5.74, 6) is 0.897. The van der Waals surface area contributed by atoms with Crippen LogP contribution >= 0.6 is 0 Å². The lowest BCUT2D eigenvalue weighted by Gasteiger charge is -2.15. The lowest BCUT2D eigenvalue weighted by molar-refractivity contribution is 0.140. The van der Waals surface area contributed by atoms with Crippen molar-refractivity contribution in [1.82, 2.24) is 77.4 Å². The molecule has 20 aromatic rings. The first-order valence-electron chi connectivity index (χ1n) is 48.2. The lowest BCUT2D eigenvalue weighted by atomic mass is 10.0. The number of ether oxygens (including phenoxy) is 3. The summed E-state index contributed by atoms with van der Waals surface area (Å²) in [6.07, 6.45) is 48.2. The van der Waals surface area contributed by atoms with Gasteiger partial charge >= 0.3 is 0 Å². The van der Waals surface area contributed by atoms with Gasteiger partial charge < -0.3 is 73.0 Å². The molecular weight excluding hydrogens is 1730 g/mol. The average molecular weight is 1850 g/mol. The minimum absolute atomic E-state index is 0.259. The second-order valence-electron chi connectivity index (χ2n) is 36.1. The van der Waals surface area contributed by atoms with Crippen LogP contribution in [-0.4, -0.2) is 144 Å². The number of para-hydroxylation sites is 4. The topological polar surface area (TPSA) is 260 Å². The highest BCUT2D eigenvalue weighted by Gasteiger charge is 2.26. The van der Waals surface area contributed by atoms with E-state index in [2.05, 4.69) is 235 Å². The molecule has 16 aromatic heterocycles. The number of anilines is 4. The molecule has 0 amide bonds. The van der Waals surface area contributed by atoms with Crippen LogP contribution < -0.4 is 21.3 Å². The first-order chi connectivity index (χ1) is 67.6. The molecule has 0 bridgehead atoms. The van der Waals surface area contributed by atoms with E-state index in [1.807, 2.05) is 99.1 Å². The Labute approximate surface area is 801 Å². The highest BCUT2D eigenvalue weighted by atomic mass is 19.1. The number of aromatic nitrogens is 16. The number of nitrogens with one attached hydrogen (secondary N) is 8. The van der Waals surface area contributed by atoms with Crippen molar-refractivity contribution in [2.24, 2.45) is 0 Å². The van der Waals surface area contributed by atoms with Crippen molar-refractivity contribution in [2.75, 3.05) is 88.1 Å². The summed E-state index contributed by atoms with van der Waals surface area (Å²) in [5, 5.41) is 19.5. The molecule has 0 saturated heterocycles. The van der Waals surface area contributed by atoms with Gasteiger partial charge in [-0.15, -0.1) is 0 Å². The van der Waals surface area contributed by atoms with Crippen LogP contribution in [0.3, 0.4) is 0 Å². The van der Waals surface area contributed by atoms with E-state index in [-0.39, 0.29) is 29.3 Å². The van der Waals surface area contributed by atoms with Gasteiger partial charge in [0.2, 0.25) is 0 Å². The minimum Gasteiger partial charge on any atom is -0.385 e. The number of benzene rings is 4.